The monoisotopic (exact) mass is 432 g/mol. The van der Waals surface area contributed by atoms with Crippen LogP contribution in [0, 0.1) is 17.6 Å². The van der Waals surface area contributed by atoms with E-state index in [4.69, 9.17) is 5.73 Å². The molecule has 0 bridgehead atoms. The number of carbonyl (C=O) groups excluding carboxylic acids is 2. The number of amides is 2. The predicted molar refractivity (Wildman–Crippen MR) is 105 cm³/mol. The number of primary amides is 1. The summed E-state index contributed by atoms with van der Waals surface area (Å²) in [7, 11) is 0. The molecule has 1 saturated heterocycles. The zero-order valence-electron chi connectivity index (χ0n) is 16.3. The van der Waals surface area contributed by atoms with Crippen LogP contribution in [0.25, 0.3) is 0 Å². The van der Waals surface area contributed by atoms with Gasteiger partial charge < -0.3 is 10.6 Å². The van der Waals surface area contributed by atoms with Gasteiger partial charge in [0.1, 0.15) is 35.6 Å². The number of halogens is 3. The van der Waals surface area contributed by atoms with Crippen molar-refractivity contribution in [1.29, 1.82) is 0 Å². The summed E-state index contributed by atoms with van der Waals surface area (Å²) in [6.07, 6.45) is 1.56. The summed E-state index contributed by atoms with van der Waals surface area (Å²) in [5, 5.41) is 5.14. The number of alkyl halides is 1. The lowest BCUT2D eigenvalue weighted by Crippen LogP contribution is -2.48. The number of aromatic nitrogens is 2. The van der Waals surface area contributed by atoms with E-state index in [0.717, 1.165) is 23.2 Å². The van der Waals surface area contributed by atoms with Crippen molar-refractivity contribution in [3.63, 3.8) is 0 Å². The van der Waals surface area contributed by atoms with Gasteiger partial charge in [0.15, 0.2) is 0 Å². The molecule has 11 heteroatoms. The zero-order valence-corrected chi connectivity index (χ0v) is 16.3. The van der Waals surface area contributed by atoms with Gasteiger partial charge in [-0.25, -0.2) is 28.1 Å². The van der Waals surface area contributed by atoms with Gasteiger partial charge in [0.25, 0.3) is 5.91 Å². The van der Waals surface area contributed by atoms with Gasteiger partial charge in [0.2, 0.25) is 5.91 Å². The van der Waals surface area contributed by atoms with E-state index >= 15 is 4.39 Å². The maximum absolute atomic E-state index is 15.0. The lowest BCUT2D eigenvalue weighted by atomic mass is 9.92. The number of nitrogens with two attached hydrogens (primary N) is 1. The summed E-state index contributed by atoms with van der Waals surface area (Å²) in [4.78, 5) is 33.8. The van der Waals surface area contributed by atoms with E-state index in [1.165, 1.54) is 18.6 Å². The van der Waals surface area contributed by atoms with Crippen molar-refractivity contribution in [3.05, 3.63) is 53.5 Å². The minimum Gasteiger partial charge on any atom is -0.364 e. The molecule has 3 heterocycles. The molecule has 8 nitrogen and oxygen atoms in total. The number of benzene rings is 1. The van der Waals surface area contributed by atoms with Crippen LogP contribution in [0.1, 0.15) is 34.9 Å². The fourth-order valence-corrected chi connectivity index (χ4v) is 3.89. The van der Waals surface area contributed by atoms with Crippen LogP contribution in [0.2, 0.25) is 0 Å². The summed E-state index contributed by atoms with van der Waals surface area (Å²) in [5.41, 5.74) is 5.49. The molecule has 2 aromatic rings. The number of hydrogen-bond acceptors (Lipinski definition) is 6. The number of piperidine rings is 1. The largest absolute Gasteiger partial charge is 0.364 e. The highest BCUT2D eigenvalue weighted by Gasteiger charge is 2.40. The standard InChI is InChI=1S/C20H19F3N6O2/c21-12-5-11(6-13(22)7-12)17-1-3-27-29(17)20(31)14-2-4-28(9-15(14)23)18-8-16(19(24)30)25-10-26-18/h3,5-8,10,14-15,17H,1-2,4,9H2,(H2,24,30)/t14-,15-,17+/m0/s1. The van der Waals surface area contributed by atoms with Gasteiger partial charge in [0, 0.05) is 31.3 Å². The van der Waals surface area contributed by atoms with Crippen LogP contribution >= 0.6 is 0 Å². The lowest BCUT2D eigenvalue weighted by Gasteiger charge is -2.36. The first-order chi connectivity index (χ1) is 14.8. The summed E-state index contributed by atoms with van der Waals surface area (Å²) in [6.45, 7) is 0.186. The Hall–Kier alpha value is -3.50. The third kappa shape index (κ3) is 4.21. The Labute approximate surface area is 175 Å². The maximum atomic E-state index is 15.0. The van der Waals surface area contributed by atoms with E-state index in [-0.39, 0.29) is 30.6 Å². The number of carbonyl (C=O) groups is 2. The number of anilines is 1. The number of rotatable bonds is 4. The Bertz CT molecular complexity index is 1030. The first kappa shape index (κ1) is 20.8. The van der Waals surface area contributed by atoms with E-state index in [2.05, 4.69) is 15.1 Å². The lowest BCUT2D eigenvalue weighted by molar-refractivity contribution is -0.140. The van der Waals surface area contributed by atoms with E-state index in [1.807, 2.05) is 0 Å². The molecular weight excluding hydrogens is 413 g/mol. The summed E-state index contributed by atoms with van der Waals surface area (Å²) < 4.78 is 42.2. The highest BCUT2D eigenvalue weighted by molar-refractivity contribution is 5.91. The molecule has 0 radical (unpaired) electrons. The molecule has 0 aliphatic carbocycles. The van der Waals surface area contributed by atoms with Crippen LogP contribution in [0.15, 0.2) is 35.7 Å². The fourth-order valence-electron chi connectivity index (χ4n) is 3.89. The van der Waals surface area contributed by atoms with Gasteiger partial charge in [-0.1, -0.05) is 0 Å². The third-order valence-corrected chi connectivity index (χ3v) is 5.41. The van der Waals surface area contributed by atoms with Crippen molar-refractivity contribution in [2.45, 2.75) is 25.1 Å². The molecule has 3 atom stereocenters. The highest BCUT2D eigenvalue weighted by atomic mass is 19.1. The molecule has 4 rings (SSSR count). The molecule has 0 unspecified atom stereocenters. The number of hydrazone groups is 1. The molecule has 0 saturated carbocycles. The van der Waals surface area contributed by atoms with Crippen LogP contribution in [0.3, 0.4) is 0 Å². The van der Waals surface area contributed by atoms with Gasteiger partial charge in [-0.05, 0) is 24.1 Å². The van der Waals surface area contributed by atoms with Crippen LogP contribution in [0.5, 0.6) is 0 Å². The first-order valence-corrected chi connectivity index (χ1v) is 9.66. The molecule has 162 valence electrons. The quantitative estimate of drug-likeness (QED) is 0.796. The second kappa shape index (κ2) is 8.32. The SMILES string of the molecule is NC(=O)c1cc(N2CC[C@H](C(=O)N3N=CC[C@@H]3c3cc(F)cc(F)c3)[C@@H](F)C2)ncn1. The minimum absolute atomic E-state index is 0.00943. The highest BCUT2D eigenvalue weighted by Crippen LogP contribution is 2.34. The van der Waals surface area contributed by atoms with Gasteiger partial charge in [-0.2, -0.15) is 5.10 Å². The Morgan fingerprint density at radius 2 is 1.84 bits per heavy atom. The van der Waals surface area contributed by atoms with Crippen LogP contribution in [-0.4, -0.2) is 52.3 Å². The maximum Gasteiger partial charge on any atom is 0.267 e. The van der Waals surface area contributed by atoms with Crippen molar-refractivity contribution in [2.75, 3.05) is 18.0 Å². The van der Waals surface area contributed by atoms with E-state index < -0.39 is 41.6 Å². The van der Waals surface area contributed by atoms with Crippen molar-refractivity contribution >= 4 is 23.8 Å². The number of nitrogens with zero attached hydrogens (tertiary/aromatic N) is 5. The average molecular weight is 432 g/mol. The summed E-state index contributed by atoms with van der Waals surface area (Å²) >= 11 is 0. The molecule has 2 aliphatic rings. The van der Waals surface area contributed by atoms with Gasteiger partial charge >= 0.3 is 0 Å². The van der Waals surface area contributed by atoms with Crippen molar-refractivity contribution < 1.29 is 22.8 Å². The fraction of sp³-hybridized carbons (Fsp3) is 0.350. The average Bonchev–Trinajstić information content (AvgIpc) is 3.22. The Morgan fingerprint density at radius 1 is 1.10 bits per heavy atom. The predicted octanol–water partition coefficient (Wildman–Crippen LogP) is 1.98. The van der Waals surface area contributed by atoms with Crippen molar-refractivity contribution in [1.82, 2.24) is 15.0 Å². The van der Waals surface area contributed by atoms with Gasteiger partial charge in [-0.15, -0.1) is 0 Å². The topological polar surface area (TPSA) is 105 Å². The molecular formula is C20H19F3N6O2. The minimum atomic E-state index is -1.53. The second-order valence-electron chi connectivity index (χ2n) is 7.42. The Morgan fingerprint density at radius 3 is 2.52 bits per heavy atom. The van der Waals surface area contributed by atoms with E-state index in [0.29, 0.717) is 12.4 Å². The molecule has 1 fully saturated rings. The summed E-state index contributed by atoms with van der Waals surface area (Å²) in [6, 6.07) is 3.71. The molecule has 1 aromatic heterocycles. The third-order valence-electron chi connectivity index (χ3n) is 5.41. The van der Waals surface area contributed by atoms with E-state index in [1.54, 1.807) is 4.90 Å². The first-order valence-electron chi connectivity index (χ1n) is 9.66. The smallest absolute Gasteiger partial charge is 0.267 e. The van der Waals surface area contributed by atoms with Crippen molar-refractivity contribution in [2.24, 2.45) is 16.8 Å². The molecule has 2 N–H and O–H groups in total. The van der Waals surface area contributed by atoms with Gasteiger partial charge in [0.05, 0.1) is 18.5 Å². The van der Waals surface area contributed by atoms with Crippen LogP contribution in [0.4, 0.5) is 19.0 Å². The normalized spacial score (nSPS) is 23.3. The molecule has 0 spiro atoms. The van der Waals surface area contributed by atoms with Gasteiger partial charge in [-0.3, -0.25) is 9.59 Å². The molecule has 2 aliphatic heterocycles. The van der Waals surface area contributed by atoms with E-state index in [9.17, 15) is 18.4 Å². The summed E-state index contributed by atoms with van der Waals surface area (Å²) in [5.74, 6) is -3.42. The van der Waals surface area contributed by atoms with Crippen LogP contribution < -0.4 is 10.6 Å². The number of hydrogen-bond donors (Lipinski definition) is 1. The Kier molecular flexibility index (Phi) is 5.57. The second-order valence-corrected chi connectivity index (χ2v) is 7.42. The molecule has 31 heavy (non-hydrogen) atoms. The molecule has 1 aromatic carbocycles. The Balaban J connectivity index is 1.48. The van der Waals surface area contributed by atoms with Crippen LogP contribution in [-0.2, 0) is 4.79 Å². The zero-order chi connectivity index (χ0) is 22.1. The van der Waals surface area contributed by atoms with Crippen molar-refractivity contribution in [3.8, 4) is 0 Å². The molecule has 2 amide bonds.